The second-order valence-corrected chi connectivity index (χ2v) is 7.14. The van der Waals surface area contributed by atoms with Crippen molar-refractivity contribution < 1.29 is 5.11 Å². The quantitative estimate of drug-likeness (QED) is 0.497. The Labute approximate surface area is 168 Å². The molecular weight excluding hydrogens is 366 g/mol. The molecule has 0 aliphatic rings. The van der Waals surface area contributed by atoms with Crippen molar-refractivity contribution in [3.05, 3.63) is 106 Å². The Balaban J connectivity index is 1.91. The number of nitriles is 2. The van der Waals surface area contributed by atoms with Gasteiger partial charge in [-0.25, -0.2) is 0 Å². The number of aliphatic hydroxyl groups is 1. The summed E-state index contributed by atoms with van der Waals surface area (Å²) in [6, 6.07) is 27.7. The zero-order chi connectivity index (χ0) is 19.9. The Morgan fingerprint density at radius 1 is 0.893 bits per heavy atom. The summed E-state index contributed by atoms with van der Waals surface area (Å²) in [5.41, 5.74) is 9.05. The molecule has 136 valence electrons. The number of rotatable bonds is 5. The second-order valence-electron chi connectivity index (χ2n) is 6.03. The first-order valence-electron chi connectivity index (χ1n) is 8.53. The van der Waals surface area contributed by atoms with Crippen LogP contribution < -0.4 is 5.73 Å². The van der Waals surface area contributed by atoms with E-state index in [1.165, 1.54) is 11.8 Å². The van der Waals surface area contributed by atoms with E-state index in [9.17, 15) is 10.4 Å². The molecule has 5 heteroatoms. The number of allylic oxidation sites excluding steroid dienone is 1. The number of benzene rings is 3. The number of hydrogen-bond acceptors (Lipinski definition) is 5. The Hall–Kier alpha value is -3.51. The predicted molar refractivity (Wildman–Crippen MR) is 111 cm³/mol. The number of hydrogen-bond donors (Lipinski definition) is 2. The maximum atomic E-state index is 10.7. The molecule has 3 rings (SSSR count). The van der Waals surface area contributed by atoms with Crippen molar-refractivity contribution in [3.8, 4) is 12.1 Å². The third-order valence-corrected chi connectivity index (χ3v) is 5.11. The molecule has 0 fully saturated rings. The van der Waals surface area contributed by atoms with Gasteiger partial charge < -0.3 is 10.8 Å². The van der Waals surface area contributed by atoms with E-state index in [1.807, 2.05) is 30.3 Å². The molecule has 1 atom stereocenters. The summed E-state index contributed by atoms with van der Waals surface area (Å²) < 4.78 is 0. The molecular formula is C23H17N3OS. The fraction of sp³-hybridized carbons (Fsp3) is 0.0435. The van der Waals surface area contributed by atoms with Crippen molar-refractivity contribution in [2.75, 3.05) is 0 Å². The van der Waals surface area contributed by atoms with Gasteiger partial charge in [-0.3, -0.25) is 0 Å². The first kappa shape index (κ1) is 19.3. The molecule has 0 aliphatic heterocycles. The normalized spacial score (nSPS) is 12.4. The molecule has 3 aromatic rings. The average molecular weight is 383 g/mol. The first-order chi connectivity index (χ1) is 13.6. The smallest absolute Gasteiger partial charge is 0.104 e. The van der Waals surface area contributed by atoms with E-state index in [0.29, 0.717) is 32.9 Å². The number of nitrogens with two attached hydrogens (primary N) is 1. The number of thioether (sulfide) groups is 1. The third kappa shape index (κ3) is 4.42. The molecule has 3 aromatic carbocycles. The van der Waals surface area contributed by atoms with Crippen molar-refractivity contribution >= 4 is 17.3 Å². The van der Waals surface area contributed by atoms with Crippen LogP contribution in [0.15, 0.2) is 88.8 Å². The Morgan fingerprint density at radius 3 is 2.25 bits per heavy atom. The van der Waals surface area contributed by atoms with Crippen molar-refractivity contribution in [1.82, 2.24) is 0 Å². The lowest BCUT2D eigenvalue weighted by Crippen LogP contribution is -2.02. The summed E-state index contributed by atoms with van der Waals surface area (Å²) >= 11 is 1.33. The predicted octanol–water partition coefficient (Wildman–Crippen LogP) is 4.58. The molecule has 0 saturated heterocycles. The van der Waals surface area contributed by atoms with E-state index in [-0.39, 0.29) is 0 Å². The van der Waals surface area contributed by atoms with Gasteiger partial charge in [0.2, 0.25) is 0 Å². The van der Waals surface area contributed by atoms with Gasteiger partial charge in [0.15, 0.2) is 0 Å². The van der Waals surface area contributed by atoms with Gasteiger partial charge in [-0.2, -0.15) is 10.5 Å². The molecule has 0 bridgehead atoms. The van der Waals surface area contributed by atoms with Crippen LogP contribution >= 0.6 is 11.8 Å². The Kier molecular flexibility index (Phi) is 6.14. The van der Waals surface area contributed by atoms with Crippen LogP contribution in [-0.2, 0) is 0 Å². The molecule has 0 radical (unpaired) electrons. The fourth-order valence-electron chi connectivity index (χ4n) is 2.73. The third-order valence-electron chi connectivity index (χ3n) is 4.18. The molecule has 0 saturated carbocycles. The van der Waals surface area contributed by atoms with E-state index >= 15 is 0 Å². The molecule has 0 aliphatic carbocycles. The lowest BCUT2D eigenvalue weighted by molar-refractivity contribution is 0.220. The van der Waals surface area contributed by atoms with E-state index in [4.69, 9.17) is 11.0 Å². The lowest BCUT2D eigenvalue weighted by atomic mass is 9.97. The van der Waals surface area contributed by atoms with Gasteiger partial charge in [0.05, 0.1) is 22.2 Å². The minimum Gasteiger partial charge on any atom is -0.392 e. The van der Waals surface area contributed by atoms with Crippen molar-refractivity contribution in [3.63, 3.8) is 0 Å². The number of aliphatic hydroxyl groups excluding tert-OH is 1. The topological polar surface area (TPSA) is 93.8 Å². The molecule has 0 heterocycles. The summed E-state index contributed by atoms with van der Waals surface area (Å²) in [5.74, 6) is 0. The van der Waals surface area contributed by atoms with Crippen LogP contribution in [0.5, 0.6) is 0 Å². The highest BCUT2D eigenvalue weighted by Crippen LogP contribution is 2.31. The zero-order valence-corrected chi connectivity index (χ0v) is 15.7. The van der Waals surface area contributed by atoms with Crippen LogP contribution in [-0.4, -0.2) is 5.11 Å². The highest BCUT2D eigenvalue weighted by Gasteiger charge is 2.14. The Bertz CT molecular complexity index is 1080. The van der Waals surface area contributed by atoms with Gasteiger partial charge in [-0.1, -0.05) is 60.3 Å². The van der Waals surface area contributed by atoms with Crippen molar-refractivity contribution in [1.29, 1.82) is 10.5 Å². The molecule has 4 nitrogen and oxygen atoms in total. The minimum atomic E-state index is -0.865. The molecule has 1 unspecified atom stereocenters. The molecule has 3 N–H and O–H groups in total. The highest BCUT2D eigenvalue weighted by molar-refractivity contribution is 8.03. The van der Waals surface area contributed by atoms with E-state index in [1.54, 1.807) is 48.5 Å². The van der Waals surface area contributed by atoms with Crippen LogP contribution in [0.4, 0.5) is 0 Å². The summed E-state index contributed by atoms with van der Waals surface area (Å²) in [4.78, 5) is 0.946. The second kappa shape index (κ2) is 8.92. The maximum Gasteiger partial charge on any atom is 0.104 e. The van der Waals surface area contributed by atoms with Crippen LogP contribution in [0.2, 0.25) is 0 Å². The van der Waals surface area contributed by atoms with Crippen LogP contribution in [0.25, 0.3) is 5.57 Å². The van der Waals surface area contributed by atoms with Crippen molar-refractivity contribution in [2.24, 2.45) is 5.73 Å². The van der Waals surface area contributed by atoms with Gasteiger partial charge in [0.1, 0.15) is 12.2 Å². The molecule has 0 aromatic heterocycles. The average Bonchev–Trinajstić information content (AvgIpc) is 2.75. The standard InChI is InChI=1S/C23H17N3OS/c24-14-16-9-11-17(12-10-16)22(27)19-6-4-5-18(13-19)21(15-25)23(26)28-20-7-2-1-3-8-20/h1-13,22,27H,26H2/b23-21+. The van der Waals surface area contributed by atoms with Gasteiger partial charge in [0, 0.05) is 4.90 Å². The first-order valence-corrected chi connectivity index (χ1v) is 9.35. The van der Waals surface area contributed by atoms with Gasteiger partial charge in [-0.15, -0.1) is 0 Å². The molecule has 0 amide bonds. The van der Waals surface area contributed by atoms with Gasteiger partial charge in [-0.05, 0) is 47.0 Å². The number of nitrogens with zero attached hydrogens (tertiary/aromatic N) is 2. The summed E-state index contributed by atoms with van der Waals surface area (Å²) in [5, 5.41) is 29.6. The van der Waals surface area contributed by atoms with Crippen LogP contribution in [0.3, 0.4) is 0 Å². The Morgan fingerprint density at radius 2 is 1.61 bits per heavy atom. The largest absolute Gasteiger partial charge is 0.392 e. The minimum absolute atomic E-state index is 0.364. The summed E-state index contributed by atoms with van der Waals surface area (Å²) in [6.07, 6.45) is -0.865. The zero-order valence-electron chi connectivity index (χ0n) is 14.9. The van der Waals surface area contributed by atoms with E-state index in [0.717, 1.165) is 4.90 Å². The van der Waals surface area contributed by atoms with Gasteiger partial charge >= 0.3 is 0 Å². The molecule has 28 heavy (non-hydrogen) atoms. The van der Waals surface area contributed by atoms with E-state index < -0.39 is 6.10 Å². The van der Waals surface area contributed by atoms with Crippen LogP contribution in [0.1, 0.15) is 28.4 Å². The molecule has 0 spiro atoms. The van der Waals surface area contributed by atoms with Gasteiger partial charge in [0.25, 0.3) is 0 Å². The van der Waals surface area contributed by atoms with Crippen LogP contribution in [0, 0.1) is 22.7 Å². The van der Waals surface area contributed by atoms with Crippen molar-refractivity contribution in [2.45, 2.75) is 11.0 Å². The van der Waals surface area contributed by atoms with E-state index in [2.05, 4.69) is 12.1 Å². The summed E-state index contributed by atoms with van der Waals surface area (Å²) in [6.45, 7) is 0. The SMILES string of the molecule is N#C/C(=C(/N)Sc1ccccc1)c1cccc(C(O)c2ccc(C#N)cc2)c1. The maximum absolute atomic E-state index is 10.7. The summed E-state index contributed by atoms with van der Waals surface area (Å²) in [7, 11) is 0. The lowest BCUT2D eigenvalue weighted by Gasteiger charge is -2.13. The monoisotopic (exact) mass is 383 g/mol. The fourth-order valence-corrected chi connectivity index (χ4v) is 3.54. The highest BCUT2D eigenvalue weighted by atomic mass is 32.2.